The minimum Gasteiger partial charge on any atom is -0.469 e. The SMILES string of the molecule is CCC(CC)C(=O)OCC(C)(C)COC(=O)CCC(=O)Oc1ccc(OC(=O)C2CCC(C3CCC(C(=O)OC)CC3)CC2)cc1. The zero-order valence-corrected chi connectivity index (χ0v) is 28.2. The van der Waals surface area contributed by atoms with E-state index >= 15 is 0 Å². The summed E-state index contributed by atoms with van der Waals surface area (Å²) < 4.78 is 26.5. The van der Waals surface area contributed by atoms with Crippen LogP contribution in [0.3, 0.4) is 0 Å². The molecule has 10 heteroatoms. The Kier molecular flexibility index (Phi) is 14.5. The van der Waals surface area contributed by atoms with Gasteiger partial charge in [0.25, 0.3) is 0 Å². The maximum atomic E-state index is 12.8. The molecule has 3 rings (SSSR count). The minimum atomic E-state index is -0.587. The van der Waals surface area contributed by atoms with Gasteiger partial charge in [-0.05, 0) is 100 Å². The second kappa shape index (κ2) is 18.0. The van der Waals surface area contributed by atoms with Crippen LogP contribution < -0.4 is 9.47 Å². The molecule has 0 aromatic heterocycles. The minimum absolute atomic E-state index is 0.0275. The van der Waals surface area contributed by atoms with Gasteiger partial charge in [-0.25, -0.2) is 0 Å². The van der Waals surface area contributed by atoms with E-state index in [1.807, 2.05) is 27.7 Å². The predicted octanol–water partition coefficient (Wildman–Crippen LogP) is 6.61. The van der Waals surface area contributed by atoms with Gasteiger partial charge in [0, 0.05) is 5.41 Å². The van der Waals surface area contributed by atoms with Crippen molar-refractivity contribution < 1.29 is 47.7 Å². The summed E-state index contributed by atoms with van der Waals surface area (Å²) in [5, 5.41) is 0. The third-order valence-electron chi connectivity index (χ3n) is 9.43. The van der Waals surface area contributed by atoms with Crippen LogP contribution >= 0.6 is 0 Å². The Labute approximate surface area is 273 Å². The largest absolute Gasteiger partial charge is 0.469 e. The molecule has 2 saturated carbocycles. The molecule has 2 aliphatic carbocycles. The number of ether oxygens (including phenoxy) is 5. The fourth-order valence-corrected chi connectivity index (χ4v) is 6.38. The molecular formula is C36H52O10. The monoisotopic (exact) mass is 644 g/mol. The zero-order valence-electron chi connectivity index (χ0n) is 28.2. The molecule has 0 atom stereocenters. The van der Waals surface area contributed by atoms with Gasteiger partial charge in [-0.3, -0.25) is 24.0 Å². The number of rotatable bonds is 15. The van der Waals surface area contributed by atoms with Crippen LogP contribution in [0.25, 0.3) is 0 Å². The number of carbonyl (C=O) groups is 5. The van der Waals surface area contributed by atoms with Crippen molar-refractivity contribution in [2.24, 2.45) is 35.0 Å². The molecular weight excluding hydrogens is 592 g/mol. The molecule has 0 saturated heterocycles. The van der Waals surface area contributed by atoms with Crippen LogP contribution in [0.5, 0.6) is 11.5 Å². The van der Waals surface area contributed by atoms with Gasteiger partial charge in [-0.15, -0.1) is 0 Å². The first-order chi connectivity index (χ1) is 21.9. The highest BCUT2D eigenvalue weighted by Crippen LogP contribution is 2.42. The molecule has 1 aromatic rings. The summed E-state index contributed by atoms with van der Waals surface area (Å²) in [6.45, 7) is 7.74. The summed E-state index contributed by atoms with van der Waals surface area (Å²) in [6.07, 6.45) is 8.53. The van der Waals surface area contributed by atoms with Crippen LogP contribution in [-0.4, -0.2) is 50.2 Å². The van der Waals surface area contributed by atoms with Gasteiger partial charge >= 0.3 is 29.8 Å². The van der Waals surface area contributed by atoms with E-state index in [-0.39, 0.29) is 67.5 Å². The topological polar surface area (TPSA) is 132 Å². The highest BCUT2D eigenvalue weighted by atomic mass is 16.6. The Morgan fingerprint density at radius 3 is 1.63 bits per heavy atom. The molecule has 1 aromatic carbocycles. The van der Waals surface area contributed by atoms with E-state index in [0.29, 0.717) is 30.4 Å². The van der Waals surface area contributed by atoms with Crippen molar-refractivity contribution in [1.82, 2.24) is 0 Å². The van der Waals surface area contributed by atoms with Crippen molar-refractivity contribution in [3.63, 3.8) is 0 Å². The number of esters is 5. The van der Waals surface area contributed by atoms with E-state index in [1.54, 1.807) is 24.3 Å². The van der Waals surface area contributed by atoms with Crippen molar-refractivity contribution in [2.75, 3.05) is 20.3 Å². The van der Waals surface area contributed by atoms with E-state index in [9.17, 15) is 24.0 Å². The predicted molar refractivity (Wildman–Crippen MR) is 170 cm³/mol. The lowest BCUT2D eigenvalue weighted by molar-refractivity contribution is -0.156. The molecule has 0 bridgehead atoms. The smallest absolute Gasteiger partial charge is 0.314 e. The molecule has 10 nitrogen and oxygen atoms in total. The summed E-state index contributed by atoms with van der Waals surface area (Å²) in [4.78, 5) is 61.3. The van der Waals surface area contributed by atoms with Crippen molar-refractivity contribution in [3.05, 3.63) is 24.3 Å². The summed E-state index contributed by atoms with van der Waals surface area (Å²) in [5.41, 5.74) is -0.560. The molecule has 0 spiro atoms. The van der Waals surface area contributed by atoms with Gasteiger partial charge in [0.05, 0.1) is 50.9 Å². The first-order valence-electron chi connectivity index (χ1n) is 16.9. The van der Waals surface area contributed by atoms with Crippen molar-refractivity contribution in [1.29, 1.82) is 0 Å². The molecule has 0 amide bonds. The lowest BCUT2D eigenvalue weighted by Gasteiger charge is -2.36. The molecule has 256 valence electrons. The van der Waals surface area contributed by atoms with Gasteiger partial charge in [-0.2, -0.15) is 0 Å². The number of hydrogen-bond acceptors (Lipinski definition) is 10. The maximum Gasteiger partial charge on any atom is 0.314 e. The third kappa shape index (κ3) is 11.7. The van der Waals surface area contributed by atoms with Crippen LogP contribution in [0.15, 0.2) is 24.3 Å². The molecule has 2 fully saturated rings. The summed E-state index contributed by atoms with van der Waals surface area (Å²) in [5.74, 6) is -0.124. The molecule has 2 aliphatic rings. The van der Waals surface area contributed by atoms with Gasteiger partial charge < -0.3 is 23.7 Å². The van der Waals surface area contributed by atoms with E-state index < -0.39 is 17.4 Å². The molecule has 0 heterocycles. The maximum absolute atomic E-state index is 12.8. The Hall–Kier alpha value is -3.43. The molecule has 0 N–H and O–H groups in total. The van der Waals surface area contributed by atoms with Crippen molar-refractivity contribution >= 4 is 29.8 Å². The van der Waals surface area contributed by atoms with Crippen LogP contribution in [-0.2, 0) is 38.2 Å². The van der Waals surface area contributed by atoms with Gasteiger partial charge in [-0.1, -0.05) is 27.7 Å². The number of carbonyl (C=O) groups excluding carboxylic acids is 5. The summed E-state index contributed by atoms with van der Waals surface area (Å²) in [6, 6.07) is 6.26. The van der Waals surface area contributed by atoms with Crippen molar-refractivity contribution in [2.45, 2.75) is 105 Å². The second-order valence-electron chi connectivity index (χ2n) is 13.6. The highest BCUT2D eigenvalue weighted by Gasteiger charge is 2.35. The van der Waals surface area contributed by atoms with Crippen LogP contribution in [0.1, 0.15) is 105 Å². The molecule has 0 unspecified atom stereocenters. The Morgan fingerprint density at radius 1 is 0.674 bits per heavy atom. The third-order valence-corrected chi connectivity index (χ3v) is 9.43. The number of methoxy groups -OCH3 is 1. The van der Waals surface area contributed by atoms with Gasteiger partial charge in [0.15, 0.2) is 0 Å². The second-order valence-corrected chi connectivity index (χ2v) is 13.6. The van der Waals surface area contributed by atoms with Gasteiger partial charge in [0.1, 0.15) is 11.5 Å². The van der Waals surface area contributed by atoms with Crippen LogP contribution in [0.2, 0.25) is 0 Å². The average molecular weight is 645 g/mol. The Balaban J connectivity index is 1.32. The van der Waals surface area contributed by atoms with Crippen LogP contribution in [0.4, 0.5) is 0 Å². The Morgan fingerprint density at radius 2 is 1.13 bits per heavy atom. The van der Waals surface area contributed by atoms with Crippen molar-refractivity contribution in [3.8, 4) is 11.5 Å². The molecule has 0 radical (unpaired) electrons. The lowest BCUT2D eigenvalue weighted by Crippen LogP contribution is -2.31. The average Bonchev–Trinajstić information content (AvgIpc) is 3.06. The van der Waals surface area contributed by atoms with E-state index in [0.717, 1.165) is 51.4 Å². The fourth-order valence-electron chi connectivity index (χ4n) is 6.38. The standard InChI is InChI=1S/C36H52O10/c1-6-24(7-2)34(40)44-23-36(3,4)22-43-31(37)20-21-32(38)45-29-16-18-30(19-17-29)46-35(41)28-14-10-26(11-15-28)25-8-12-27(13-9-25)33(39)42-5/h16-19,24-28H,6-15,20-23H2,1-5H3. The van der Waals surface area contributed by atoms with E-state index in [2.05, 4.69) is 0 Å². The highest BCUT2D eigenvalue weighted by molar-refractivity contribution is 5.79. The number of benzene rings is 1. The fraction of sp³-hybridized carbons (Fsp3) is 0.694. The lowest BCUT2D eigenvalue weighted by atomic mass is 9.69. The van der Waals surface area contributed by atoms with Gasteiger partial charge in [0.2, 0.25) is 0 Å². The van der Waals surface area contributed by atoms with E-state index in [1.165, 1.54) is 7.11 Å². The van der Waals surface area contributed by atoms with Crippen LogP contribution in [0, 0.1) is 35.0 Å². The first kappa shape index (κ1) is 37.0. The Bertz CT molecular complexity index is 1150. The molecule has 0 aliphatic heterocycles. The number of hydrogen-bond donors (Lipinski definition) is 0. The molecule has 46 heavy (non-hydrogen) atoms. The summed E-state index contributed by atoms with van der Waals surface area (Å²) >= 11 is 0. The van der Waals surface area contributed by atoms with E-state index in [4.69, 9.17) is 23.7 Å². The zero-order chi connectivity index (χ0) is 33.7. The normalized spacial score (nSPS) is 21.6. The quantitative estimate of drug-likeness (QED) is 0.117. The summed E-state index contributed by atoms with van der Waals surface area (Å²) in [7, 11) is 1.45. The first-order valence-corrected chi connectivity index (χ1v) is 16.9.